The van der Waals surface area contributed by atoms with Crippen LogP contribution in [-0.4, -0.2) is 14.8 Å². The largest absolute Gasteiger partial charge is 0.249 e. The van der Waals surface area contributed by atoms with E-state index in [0.717, 1.165) is 25.2 Å². The first kappa shape index (κ1) is 10.4. The molecule has 0 amide bonds. The van der Waals surface area contributed by atoms with Crippen molar-refractivity contribution in [1.82, 2.24) is 14.8 Å². The Kier molecular flexibility index (Phi) is 2.42. The fourth-order valence-electron chi connectivity index (χ4n) is 2.22. The predicted molar refractivity (Wildman–Crippen MR) is 62.9 cm³/mol. The van der Waals surface area contributed by atoms with Crippen molar-refractivity contribution in [3.8, 4) is 11.4 Å². The second-order valence-corrected chi connectivity index (χ2v) is 4.65. The fraction of sp³-hybridized carbons (Fsp3) is 0.385. The van der Waals surface area contributed by atoms with E-state index in [0.29, 0.717) is 17.3 Å². The third-order valence-corrected chi connectivity index (χ3v) is 3.23. The number of halogens is 1. The van der Waals surface area contributed by atoms with Crippen LogP contribution in [0.15, 0.2) is 24.3 Å². The molecule has 4 heteroatoms. The molecular weight excluding hydrogens is 217 g/mol. The zero-order valence-electron chi connectivity index (χ0n) is 9.73. The monoisotopic (exact) mass is 231 g/mol. The van der Waals surface area contributed by atoms with Crippen LogP contribution in [0.1, 0.15) is 19.2 Å². The van der Waals surface area contributed by atoms with Crippen molar-refractivity contribution in [3.05, 3.63) is 35.9 Å². The summed E-state index contributed by atoms with van der Waals surface area (Å²) in [7, 11) is 0. The van der Waals surface area contributed by atoms with Gasteiger partial charge in [0, 0.05) is 13.0 Å². The van der Waals surface area contributed by atoms with Crippen molar-refractivity contribution in [2.24, 2.45) is 5.92 Å². The van der Waals surface area contributed by atoms with E-state index in [1.165, 1.54) is 6.07 Å². The number of rotatable bonds is 1. The lowest BCUT2D eigenvalue weighted by molar-refractivity contribution is 0.386. The van der Waals surface area contributed by atoms with Crippen molar-refractivity contribution in [1.29, 1.82) is 0 Å². The molecule has 1 aromatic heterocycles. The molecule has 3 nitrogen and oxygen atoms in total. The van der Waals surface area contributed by atoms with Crippen molar-refractivity contribution >= 4 is 0 Å². The van der Waals surface area contributed by atoms with Crippen LogP contribution in [0.4, 0.5) is 4.39 Å². The Morgan fingerprint density at radius 3 is 3.00 bits per heavy atom. The molecule has 1 atom stereocenters. The van der Waals surface area contributed by atoms with E-state index < -0.39 is 0 Å². The molecule has 1 aliphatic heterocycles. The number of fused-ring (bicyclic) bond motifs is 1. The second kappa shape index (κ2) is 3.95. The predicted octanol–water partition coefficient (Wildman–Crippen LogP) is 2.67. The Morgan fingerprint density at radius 1 is 1.35 bits per heavy atom. The standard InChI is InChI=1S/C13H14FN3/c1-9-6-7-17-12(8-9)15-13(16-17)10-4-2-3-5-11(10)14/h2-5,9H,6-8H2,1H3. The summed E-state index contributed by atoms with van der Waals surface area (Å²) in [4.78, 5) is 4.44. The number of aromatic nitrogens is 3. The summed E-state index contributed by atoms with van der Waals surface area (Å²) in [5, 5.41) is 4.38. The molecule has 0 aliphatic carbocycles. The minimum atomic E-state index is -0.261. The lowest BCUT2D eigenvalue weighted by Crippen LogP contribution is -2.18. The molecule has 2 heterocycles. The number of hydrogen-bond donors (Lipinski definition) is 0. The van der Waals surface area contributed by atoms with Crippen LogP contribution >= 0.6 is 0 Å². The molecule has 1 aromatic carbocycles. The van der Waals surface area contributed by atoms with Gasteiger partial charge in [0.2, 0.25) is 0 Å². The molecule has 0 fully saturated rings. The van der Waals surface area contributed by atoms with Gasteiger partial charge in [0.25, 0.3) is 0 Å². The SMILES string of the molecule is CC1CCn2nc(-c3ccccc3F)nc2C1. The van der Waals surface area contributed by atoms with Crippen LogP contribution in [0.25, 0.3) is 11.4 Å². The molecule has 0 bridgehead atoms. The summed E-state index contributed by atoms with van der Waals surface area (Å²) in [6, 6.07) is 6.65. The number of benzene rings is 1. The Balaban J connectivity index is 2.03. The number of aryl methyl sites for hydroxylation is 1. The highest BCUT2D eigenvalue weighted by Crippen LogP contribution is 2.23. The molecule has 1 unspecified atom stereocenters. The highest BCUT2D eigenvalue weighted by molar-refractivity contribution is 5.55. The smallest absolute Gasteiger partial charge is 0.184 e. The van der Waals surface area contributed by atoms with Gasteiger partial charge in [0.15, 0.2) is 5.82 Å². The average Bonchev–Trinajstić information content (AvgIpc) is 2.72. The van der Waals surface area contributed by atoms with Crippen LogP contribution in [-0.2, 0) is 13.0 Å². The molecule has 0 saturated heterocycles. The topological polar surface area (TPSA) is 30.7 Å². The third-order valence-electron chi connectivity index (χ3n) is 3.23. The fourth-order valence-corrected chi connectivity index (χ4v) is 2.22. The molecule has 3 rings (SSSR count). The summed E-state index contributed by atoms with van der Waals surface area (Å²) >= 11 is 0. The van der Waals surface area contributed by atoms with Crippen LogP contribution in [0.2, 0.25) is 0 Å². The molecule has 0 saturated carbocycles. The van der Waals surface area contributed by atoms with Crippen LogP contribution < -0.4 is 0 Å². The van der Waals surface area contributed by atoms with Gasteiger partial charge in [-0.15, -0.1) is 0 Å². The van der Waals surface area contributed by atoms with E-state index in [2.05, 4.69) is 17.0 Å². The van der Waals surface area contributed by atoms with Crippen molar-refractivity contribution in [2.75, 3.05) is 0 Å². The van der Waals surface area contributed by atoms with E-state index in [1.54, 1.807) is 18.2 Å². The van der Waals surface area contributed by atoms with E-state index in [1.807, 2.05) is 4.68 Å². The molecular formula is C13H14FN3. The van der Waals surface area contributed by atoms with Crippen molar-refractivity contribution in [3.63, 3.8) is 0 Å². The summed E-state index contributed by atoms with van der Waals surface area (Å²) in [6.45, 7) is 3.10. The van der Waals surface area contributed by atoms with Gasteiger partial charge in [0.1, 0.15) is 11.6 Å². The zero-order chi connectivity index (χ0) is 11.8. The van der Waals surface area contributed by atoms with Gasteiger partial charge in [-0.2, -0.15) is 5.10 Å². The Hall–Kier alpha value is -1.71. The molecule has 17 heavy (non-hydrogen) atoms. The van der Waals surface area contributed by atoms with Gasteiger partial charge in [0.05, 0.1) is 5.56 Å². The highest BCUT2D eigenvalue weighted by Gasteiger charge is 2.20. The number of nitrogens with zero attached hydrogens (tertiary/aromatic N) is 3. The first-order valence-electron chi connectivity index (χ1n) is 5.92. The lowest BCUT2D eigenvalue weighted by Gasteiger charge is -2.17. The minimum Gasteiger partial charge on any atom is -0.249 e. The normalized spacial score (nSPS) is 19.1. The first-order chi connectivity index (χ1) is 8.24. The quantitative estimate of drug-likeness (QED) is 0.755. The average molecular weight is 231 g/mol. The van der Waals surface area contributed by atoms with E-state index in [4.69, 9.17) is 0 Å². The van der Waals surface area contributed by atoms with Gasteiger partial charge in [-0.1, -0.05) is 19.1 Å². The van der Waals surface area contributed by atoms with Crippen molar-refractivity contribution in [2.45, 2.75) is 26.3 Å². The molecule has 1 aliphatic rings. The van der Waals surface area contributed by atoms with Gasteiger partial charge in [-0.3, -0.25) is 0 Å². The maximum absolute atomic E-state index is 13.6. The zero-order valence-corrected chi connectivity index (χ0v) is 9.73. The van der Waals surface area contributed by atoms with Gasteiger partial charge >= 0.3 is 0 Å². The van der Waals surface area contributed by atoms with Gasteiger partial charge in [-0.25, -0.2) is 14.1 Å². The molecule has 2 aromatic rings. The van der Waals surface area contributed by atoms with Gasteiger partial charge < -0.3 is 0 Å². The van der Waals surface area contributed by atoms with Crippen LogP contribution in [0.3, 0.4) is 0 Å². The molecule has 0 N–H and O–H groups in total. The second-order valence-electron chi connectivity index (χ2n) is 4.65. The first-order valence-corrected chi connectivity index (χ1v) is 5.92. The molecule has 0 spiro atoms. The maximum Gasteiger partial charge on any atom is 0.184 e. The summed E-state index contributed by atoms with van der Waals surface area (Å²) < 4.78 is 15.5. The van der Waals surface area contributed by atoms with Crippen LogP contribution in [0.5, 0.6) is 0 Å². The molecule has 88 valence electrons. The van der Waals surface area contributed by atoms with Crippen LogP contribution in [0, 0.1) is 11.7 Å². The summed E-state index contributed by atoms with van der Waals surface area (Å²) in [5.41, 5.74) is 0.488. The Labute approximate surface area is 99.3 Å². The van der Waals surface area contributed by atoms with E-state index in [9.17, 15) is 4.39 Å². The lowest BCUT2D eigenvalue weighted by atomic mass is 10.0. The van der Waals surface area contributed by atoms with E-state index >= 15 is 0 Å². The molecule has 0 radical (unpaired) electrons. The summed E-state index contributed by atoms with van der Waals surface area (Å²) in [5.74, 6) is 1.86. The number of hydrogen-bond acceptors (Lipinski definition) is 2. The minimum absolute atomic E-state index is 0.261. The Morgan fingerprint density at radius 2 is 2.18 bits per heavy atom. The Bertz CT molecular complexity index is 547. The summed E-state index contributed by atoms with van der Waals surface area (Å²) in [6.07, 6.45) is 2.05. The maximum atomic E-state index is 13.6. The highest BCUT2D eigenvalue weighted by atomic mass is 19.1. The third kappa shape index (κ3) is 1.84. The van der Waals surface area contributed by atoms with E-state index in [-0.39, 0.29) is 5.82 Å². The van der Waals surface area contributed by atoms with Gasteiger partial charge in [-0.05, 0) is 24.5 Å². The van der Waals surface area contributed by atoms with Crippen molar-refractivity contribution < 1.29 is 4.39 Å².